The zero-order chi connectivity index (χ0) is 12.8. The summed E-state index contributed by atoms with van der Waals surface area (Å²) in [6, 6.07) is 3.22. The molecular formula is C10H11ClN2O3S. The van der Waals surface area contributed by atoms with Crippen molar-refractivity contribution in [2.45, 2.75) is 4.90 Å². The molecule has 0 bridgehead atoms. The van der Waals surface area contributed by atoms with Gasteiger partial charge < -0.3 is 10.2 Å². The summed E-state index contributed by atoms with van der Waals surface area (Å²) in [5, 5.41) is 0.0690. The highest BCUT2D eigenvalue weighted by atomic mass is 35.5. The van der Waals surface area contributed by atoms with E-state index in [1.54, 1.807) is 12.1 Å². The number of hydrazine groups is 1. The topological polar surface area (TPSA) is 58.6 Å². The molecule has 0 radical (unpaired) electrons. The van der Waals surface area contributed by atoms with Gasteiger partial charge in [0.15, 0.2) is 0 Å². The van der Waals surface area contributed by atoms with Gasteiger partial charge in [0.25, 0.3) is 10.0 Å². The molecule has 0 unspecified atom stereocenters. The van der Waals surface area contributed by atoms with Crippen LogP contribution in [0.4, 0.5) is 0 Å². The zero-order valence-corrected chi connectivity index (χ0v) is 10.9. The predicted octanol–water partition coefficient (Wildman–Crippen LogP) is 1.46. The number of methoxy groups -OCH3 is 1. The van der Waals surface area contributed by atoms with Gasteiger partial charge >= 0.3 is 0 Å². The number of benzene rings is 1. The van der Waals surface area contributed by atoms with Crippen LogP contribution in [0.2, 0.25) is 5.02 Å². The minimum atomic E-state index is -3.67. The van der Waals surface area contributed by atoms with E-state index in [0.29, 0.717) is 17.0 Å². The molecule has 0 fully saturated rings. The summed E-state index contributed by atoms with van der Waals surface area (Å²) in [5.41, 5.74) is 3.57. The minimum absolute atomic E-state index is 0.0183. The summed E-state index contributed by atoms with van der Waals surface area (Å²) < 4.78 is 30.2. The first-order chi connectivity index (χ1) is 7.89. The van der Waals surface area contributed by atoms with Crippen molar-refractivity contribution in [2.75, 3.05) is 14.2 Å². The van der Waals surface area contributed by atoms with Crippen LogP contribution in [-0.2, 0) is 10.0 Å². The van der Waals surface area contributed by atoms with E-state index in [-0.39, 0.29) is 9.92 Å². The lowest BCUT2D eigenvalue weighted by Crippen LogP contribution is -2.42. The smallest absolute Gasteiger partial charge is 0.261 e. The third-order valence-corrected chi connectivity index (χ3v) is 4.76. The third-order valence-electron chi connectivity index (χ3n) is 2.52. The Morgan fingerprint density at radius 1 is 1.47 bits per heavy atom. The molecule has 1 aliphatic heterocycles. The van der Waals surface area contributed by atoms with Crippen LogP contribution >= 0.6 is 11.6 Å². The van der Waals surface area contributed by atoms with Gasteiger partial charge in [0, 0.05) is 12.6 Å². The molecule has 0 amide bonds. The van der Waals surface area contributed by atoms with Crippen LogP contribution in [-0.4, -0.2) is 27.0 Å². The van der Waals surface area contributed by atoms with Crippen LogP contribution in [0.1, 0.15) is 5.56 Å². The number of halogens is 1. The van der Waals surface area contributed by atoms with E-state index >= 15 is 0 Å². The quantitative estimate of drug-likeness (QED) is 0.842. The number of rotatable bonds is 1. The predicted molar refractivity (Wildman–Crippen MR) is 65.1 cm³/mol. The van der Waals surface area contributed by atoms with Crippen molar-refractivity contribution in [3.05, 3.63) is 29.3 Å². The lowest BCUT2D eigenvalue weighted by atomic mass is 10.1. The summed E-state index contributed by atoms with van der Waals surface area (Å²) >= 11 is 6.04. The first-order valence-corrected chi connectivity index (χ1v) is 6.52. The maximum Gasteiger partial charge on any atom is 0.261 e. The van der Waals surface area contributed by atoms with Gasteiger partial charge in [-0.15, -0.1) is 4.41 Å². The van der Waals surface area contributed by atoms with Crippen LogP contribution in [0.5, 0.6) is 5.75 Å². The normalized spacial score (nSPS) is 18.4. The standard InChI is InChI=1S/C10H11ClN2O3S/c1-6-7-4-5-8(16-3)9(11)10(7)17(14,15)13(2)12-6/h4-5,12H,1H2,2-3H3. The Morgan fingerprint density at radius 2 is 2.12 bits per heavy atom. The number of nitrogens with zero attached hydrogens (tertiary/aromatic N) is 1. The van der Waals surface area contributed by atoms with E-state index in [0.717, 1.165) is 4.41 Å². The van der Waals surface area contributed by atoms with Crippen LogP contribution in [0, 0.1) is 0 Å². The highest BCUT2D eigenvalue weighted by Crippen LogP contribution is 2.39. The highest BCUT2D eigenvalue weighted by molar-refractivity contribution is 7.89. The Kier molecular flexibility index (Phi) is 2.81. The van der Waals surface area contributed by atoms with Crippen molar-refractivity contribution < 1.29 is 13.2 Å². The van der Waals surface area contributed by atoms with Gasteiger partial charge in [0.05, 0.1) is 12.8 Å². The molecule has 0 aromatic heterocycles. The Hall–Kier alpha value is -1.24. The van der Waals surface area contributed by atoms with Crippen molar-refractivity contribution in [1.29, 1.82) is 0 Å². The fourth-order valence-electron chi connectivity index (χ4n) is 1.63. The zero-order valence-electron chi connectivity index (χ0n) is 9.32. The van der Waals surface area contributed by atoms with E-state index in [1.807, 2.05) is 0 Å². The first-order valence-electron chi connectivity index (χ1n) is 4.71. The number of nitrogens with one attached hydrogen (secondary N) is 1. The molecule has 1 aromatic carbocycles. The minimum Gasteiger partial charge on any atom is -0.495 e. The van der Waals surface area contributed by atoms with Gasteiger partial charge in [-0.05, 0) is 12.1 Å². The molecule has 1 heterocycles. The van der Waals surface area contributed by atoms with Crippen molar-refractivity contribution in [1.82, 2.24) is 9.84 Å². The number of sulfonamides is 1. The van der Waals surface area contributed by atoms with Gasteiger partial charge in [-0.3, -0.25) is 0 Å². The molecule has 0 saturated heterocycles. The molecule has 5 nitrogen and oxygen atoms in total. The van der Waals surface area contributed by atoms with Crippen LogP contribution in [0.25, 0.3) is 5.70 Å². The molecule has 92 valence electrons. The summed E-state index contributed by atoms with van der Waals surface area (Å²) in [6.07, 6.45) is 0. The number of hydrogen-bond donors (Lipinski definition) is 1. The fourth-order valence-corrected chi connectivity index (χ4v) is 3.47. The summed E-state index contributed by atoms with van der Waals surface area (Å²) in [5.74, 6) is 0.317. The molecule has 0 aliphatic carbocycles. The summed E-state index contributed by atoms with van der Waals surface area (Å²) in [4.78, 5) is 0.0183. The highest BCUT2D eigenvalue weighted by Gasteiger charge is 2.34. The average Bonchev–Trinajstić information content (AvgIpc) is 2.26. The molecule has 1 aromatic rings. The third kappa shape index (κ3) is 1.69. The Balaban J connectivity index is 2.83. The molecule has 7 heteroatoms. The lowest BCUT2D eigenvalue weighted by molar-refractivity contribution is 0.407. The number of fused-ring (bicyclic) bond motifs is 1. The van der Waals surface area contributed by atoms with E-state index in [9.17, 15) is 8.42 Å². The molecule has 1 N–H and O–H groups in total. The SMILES string of the molecule is C=C1NN(C)S(=O)(=O)c2c1ccc(OC)c2Cl. The van der Waals surface area contributed by atoms with Crippen molar-refractivity contribution in [2.24, 2.45) is 0 Å². The summed E-state index contributed by atoms with van der Waals surface area (Å²) in [6.45, 7) is 3.75. The first kappa shape index (κ1) is 12.2. The fraction of sp³-hybridized carbons (Fsp3) is 0.200. The van der Waals surface area contributed by atoms with Gasteiger partial charge in [-0.25, -0.2) is 8.42 Å². The lowest BCUT2D eigenvalue weighted by Gasteiger charge is -2.29. The van der Waals surface area contributed by atoms with Gasteiger partial charge in [-0.1, -0.05) is 18.2 Å². The molecule has 2 rings (SSSR count). The second kappa shape index (κ2) is 3.90. The molecule has 1 aliphatic rings. The van der Waals surface area contributed by atoms with E-state index in [1.165, 1.54) is 14.2 Å². The Labute approximate surface area is 105 Å². The monoisotopic (exact) mass is 274 g/mol. The van der Waals surface area contributed by atoms with Gasteiger partial charge in [0.1, 0.15) is 15.7 Å². The Bertz CT molecular complexity index is 598. The second-order valence-electron chi connectivity index (χ2n) is 3.52. The molecule has 0 atom stereocenters. The number of hydrogen-bond acceptors (Lipinski definition) is 4. The van der Waals surface area contributed by atoms with Crippen LogP contribution in [0.3, 0.4) is 0 Å². The average molecular weight is 275 g/mol. The summed E-state index contributed by atoms with van der Waals surface area (Å²) in [7, 11) is -0.849. The van der Waals surface area contributed by atoms with Crippen molar-refractivity contribution >= 4 is 27.3 Å². The molecule has 0 spiro atoms. The van der Waals surface area contributed by atoms with E-state index < -0.39 is 10.0 Å². The molecule has 0 saturated carbocycles. The van der Waals surface area contributed by atoms with Crippen LogP contribution in [0.15, 0.2) is 23.6 Å². The maximum absolute atomic E-state index is 12.1. The van der Waals surface area contributed by atoms with Crippen LogP contribution < -0.4 is 10.2 Å². The number of ether oxygens (including phenoxy) is 1. The largest absolute Gasteiger partial charge is 0.495 e. The van der Waals surface area contributed by atoms with Gasteiger partial charge in [0.2, 0.25) is 0 Å². The second-order valence-corrected chi connectivity index (χ2v) is 5.81. The van der Waals surface area contributed by atoms with E-state index in [2.05, 4.69) is 12.0 Å². The van der Waals surface area contributed by atoms with E-state index in [4.69, 9.17) is 16.3 Å². The molecule has 17 heavy (non-hydrogen) atoms. The van der Waals surface area contributed by atoms with Crippen molar-refractivity contribution in [3.8, 4) is 5.75 Å². The maximum atomic E-state index is 12.1. The van der Waals surface area contributed by atoms with Gasteiger partial charge in [-0.2, -0.15) is 0 Å². The van der Waals surface area contributed by atoms with Crippen molar-refractivity contribution in [3.63, 3.8) is 0 Å². The molecular weight excluding hydrogens is 264 g/mol. The Morgan fingerprint density at radius 3 is 2.71 bits per heavy atom.